The fraction of sp³-hybridized carbons (Fsp3) is 0.346. The van der Waals surface area contributed by atoms with Crippen molar-refractivity contribution in [1.82, 2.24) is 9.80 Å². The van der Waals surface area contributed by atoms with E-state index in [1.54, 1.807) is 6.26 Å². The number of nitrogens with zero attached hydrogens (tertiary/aromatic N) is 2. The highest BCUT2D eigenvalue weighted by atomic mass is 16.5. The normalized spacial score (nSPS) is 20.0. The second-order valence-electron chi connectivity index (χ2n) is 8.42. The van der Waals surface area contributed by atoms with Crippen molar-refractivity contribution in [2.24, 2.45) is 0 Å². The molecule has 31 heavy (non-hydrogen) atoms. The van der Waals surface area contributed by atoms with E-state index in [-0.39, 0.29) is 5.97 Å². The van der Waals surface area contributed by atoms with E-state index in [2.05, 4.69) is 47.9 Å². The number of benzene rings is 2. The molecule has 1 fully saturated rings. The van der Waals surface area contributed by atoms with Gasteiger partial charge in [0.25, 0.3) is 0 Å². The first-order valence-electron chi connectivity index (χ1n) is 10.8. The summed E-state index contributed by atoms with van der Waals surface area (Å²) in [4.78, 5) is 16.8. The minimum Gasteiger partial charge on any atom is -0.472 e. The highest BCUT2D eigenvalue weighted by Gasteiger charge is 2.29. The van der Waals surface area contributed by atoms with Crippen LogP contribution in [0.3, 0.4) is 0 Å². The van der Waals surface area contributed by atoms with Gasteiger partial charge in [-0.3, -0.25) is 9.80 Å². The lowest BCUT2D eigenvalue weighted by Gasteiger charge is -2.44. The zero-order valence-electron chi connectivity index (χ0n) is 18.5. The van der Waals surface area contributed by atoms with Gasteiger partial charge in [-0.25, -0.2) is 4.79 Å². The monoisotopic (exact) mass is 418 g/mol. The maximum Gasteiger partial charge on any atom is 0.337 e. The molecule has 0 bridgehead atoms. The molecule has 0 saturated carbocycles. The highest BCUT2D eigenvalue weighted by Crippen LogP contribution is 2.27. The third kappa shape index (κ3) is 4.89. The van der Waals surface area contributed by atoms with E-state index in [1.165, 1.54) is 23.8 Å². The SMILES string of the molecule is COC(=O)c1ccc(CN2[C@H](C)CN(Cc3ccccc3-c3ccoc3)C[C@@H]2C)cc1. The third-order valence-corrected chi connectivity index (χ3v) is 6.16. The van der Waals surface area contributed by atoms with Gasteiger partial charge in [0.15, 0.2) is 0 Å². The first-order valence-corrected chi connectivity index (χ1v) is 10.8. The molecule has 1 saturated heterocycles. The average Bonchev–Trinajstić information content (AvgIpc) is 3.31. The molecule has 2 heterocycles. The van der Waals surface area contributed by atoms with Crippen molar-refractivity contribution in [3.63, 3.8) is 0 Å². The molecule has 1 aromatic heterocycles. The van der Waals surface area contributed by atoms with E-state index < -0.39 is 0 Å². The largest absolute Gasteiger partial charge is 0.472 e. The molecule has 4 rings (SSSR count). The predicted octanol–water partition coefficient (Wildman–Crippen LogP) is 4.83. The standard InChI is InChI=1S/C26H30N2O3/c1-19-14-27(17-23-6-4-5-7-25(23)24-12-13-31-18-24)15-20(2)28(19)16-21-8-10-22(11-9-21)26(29)30-3/h4-13,18-20H,14-17H2,1-3H3/t19-,20+. The van der Waals surface area contributed by atoms with Crippen molar-refractivity contribution in [3.8, 4) is 11.1 Å². The molecule has 0 N–H and O–H groups in total. The fourth-order valence-electron chi connectivity index (χ4n) is 4.58. The summed E-state index contributed by atoms with van der Waals surface area (Å²) in [5.41, 5.74) is 5.50. The Morgan fingerprint density at radius 3 is 2.35 bits per heavy atom. The number of rotatable bonds is 6. The number of carbonyl (C=O) groups excluding carboxylic acids is 1. The number of esters is 1. The molecule has 0 spiro atoms. The second kappa shape index (κ2) is 9.50. The number of hydrogen-bond donors (Lipinski definition) is 0. The van der Waals surface area contributed by atoms with Crippen LogP contribution in [-0.2, 0) is 17.8 Å². The predicted molar refractivity (Wildman–Crippen MR) is 122 cm³/mol. The molecule has 0 amide bonds. The van der Waals surface area contributed by atoms with Crippen LogP contribution in [0.15, 0.2) is 71.5 Å². The van der Waals surface area contributed by atoms with Gasteiger partial charge >= 0.3 is 5.97 Å². The molecule has 162 valence electrons. The molecular weight excluding hydrogens is 388 g/mol. The quantitative estimate of drug-likeness (QED) is 0.537. The van der Waals surface area contributed by atoms with Crippen LogP contribution in [0.25, 0.3) is 11.1 Å². The van der Waals surface area contributed by atoms with Crippen LogP contribution in [-0.4, -0.2) is 48.1 Å². The summed E-state index contributed by atoms with van der Waals surface area (Å²) in [6.45, 7) is 8.44. The molecule has 1 aliphatic heterocycles. The molecule has 2 aromatic carbocycles. The number of hydrogen-bond acceptors (Lipinski definition) is 5. The lowest BCUT2D eigenvalue weighted by molar-refractivity contribution is 0.0291. The Bertz CT molecular complexity index is 986. The van der Waals surface area contributed by atoms with Crippen LogP contribution in [0.2, 0.25) is 0 Å². The molecule has 5 heteroatoms. The average molecular weight is 419 g/mol. The Morgan fingerprint density at radius 2 is 1.71 bits per heavy atom. The van der Waals surface area contributed by atoms with Gasteiger partial charge in [-0.05, 0) is 48.7 Å². The lowest BCUT2D eigenvalue weighted by atomic mass is 10.00. The molecule has 5 nitrogen and oxygen atoms in total. The highest BCUT2D eigenvalue weighted by molar-refractivity contribution is 5.89. The Hall–Kier alpha value is -2.89. The van der Waals surface area contributed by atoms with Crippen molar-refractivity contribution in [3.05, 3.63) is 83.8 Å². The van der Waals surface area contributed by atoms with Gasteiger partial charge in [0.05, 0.1) is 25.2 Å². The van der Waals surface area contributed by atoms with Gasteiger partial charge in [0, 0.05) is 43.8 Å². The Kier molecular flexibility index (Phi) is 6.54. The van der Waals surface area contributed by atoms with Gasteiger partial charge in [0.2, 0.25) is 0 Å². The van der Waals surface area contributed by atoms with E-state index in [9.17, 15) is 4.79 Å². The Balaban J connectivity index is 1.41. The topological polar surface area (TPSA) is 45.9 Å². The summed E-state index contributed by atoms with van der Waals surface area (Å²) in [7, 11) is 1.41. The smallest absolute Gasteiger partial charge is 0.337 e. The first kappa shape index (κ1) is 21.3. The van der Waals surface area contributed by atoms with Crippen LogP contribution in [0.4, 0.5) is 0 Å². The Morgan fingerprint density at radius 1 is 1.00 bits per heavy atom. The summed E-state index contributed by atoms with van der Waals surface area (Å²) in [5, 5.41) is 0. The van der Waals surface area contributed by atoms with Gasteiger partial charge in [-0.1, -0.05) is 36.4 Å². The number of piperazine rings is 1. The molecular formula is C26H30N2O3. The van der Waals surface area contributed by atoms with Crippen LogP contribution in [0.5, 0.6) is 0 Å². The molecule has 0 radical (unpaired) electrons. The van der Waals surface area contributed by atoms with E-state index in [4.69, 9.17) is 9.15 Å². The van der Waals surface area contributed by atoms with Crippen LogP contribution in [0, 0.1) is 0 Å². The Labute approximate surface area is 184 Å². The van der Waals surface area contributed by atoms with Crippen LogP contribution < -0.4 is 0 Å². The molecule has 0 unspecified atom stereocenters. The van der Waals surface area contributed by atoms with Crippen molar-refractivity contribution in [2.45, 2.75) is 39.0 Å². The lowest BCUT2D eigenvalue weighted by Crippen LogP contribution is -2.55. The van der Waals surface area contributed by atoms with Gasteiger partial charge in [-0.15, -0.1) is 0 Å². The number of carbonyl (C=O) groups is 1. The van der Waals surface area contributed by atoms with Crippen molar-refractivity contribution in [1.29, 1.82) is 0 Å². The molecule has 3 aromatic rings. The zero-order chi connectivity index (χ0) is 21.8. The summed E-state index contributed by atoms with van der Waals surface area (Å²) in [6, 6.07) is 19.2. The first-order chi connectivity index (χ1) is 15.0. The maximum atomic E-state index is 11.7. The van der Waals surface area contributed by atoms with Crippen LogP contribution >= 0.6 is 0 Å². The minimum absolute atomic E-state index is 0.294. The fourth-order valence-corrected chi connectivity index (χ4v) is 4.58. The van der Waals surface area contributed by atoms with E-state index in [0.29, 0.717) is 17.6 Å². The number of furan rings is 1. The molecule has 0 aliphatic carbocycles. The van der Waals surface area contributed by atoms with E-state index in [1.807, 2.05) is 36.6 Å². The van der Waals surface area contributed by atoms with Crippen molar-refractivity contribution in [2.75, 3.05) is 20.2 Å². The second-order valence-corrected chi connectivity index (χ2v) is 8.42. The van der Waals surface area contributed by atoms with E-state index in [0.717, 1.165) is 31.7 Å². The zero-order valence-corrected chi connectivity index (χ0v) is 18.5. The van der Waals surface area contributed by atoms with E-state index >= 15 is 0 Å². The van der Waals surface area contributed by atoms with Crippen molar-refractivity contribution < 1.29 is 13.9 Å². The molecule has 2 atom stereocenters. The summed E-state index contributed by atoms with van der Waals surface area (Å²) >= 11 is 0. The maximum absolute atomic E-state index is 11.7. The van der Waals surface area contributed by atoms with Crippen LogP contribution in [0.1, 0.15) is 35.3 Å². The minimum atomic E-state index is -0.294. The number of ether oxygens (including phenoxy) is 1. The van der Waals surface area contributed by atoms with Crippen molar-refractivity contribution >= 4 is 5.97 Å². The summed E-state index contributed by atoms with van der Waals surface area (Å²) in [6.07, 6.45) is 3.54. The summed E-state index contributed by atoms with van der Waals surface area (Å²) < 4.78 is 10.1. The van der Waals surface area contributed by atoms with Gasteiger partial charge in [-0.2, -0.15) is 0 Å². The summed E-state index contributed by atoms with van der Waals surface area (Å²) in [5.74, 6) is -0.294. The van der Waals surface area contributed by atoms with Gasteiger partial charge in [0.1, 0.15) is 0 Å². The third-order valence-electron chi connectivity index (χ3n) is 6.16. The molecule has 1 aliphatic rings. The van der Waals surface area contributed by atoms with Gasteiger partial charge < -0.3 is 9.15 Å². The number of methoxy groups -OCH3 is 1.